The summed E-state index contributed by atoms with van der Waals surface area (Å²) in [6, 6.07) is 8.24. The summed E-state index contributed by atoms with van der Waals surface area (Å²) in [7, 11) is 1.68. The van der Waals surface area contributed by atoms with E-state index in [1.54, 1.807) is 14.0 Å². The zero-order chi connectivity index (χ0) is 22.1. The number of anilines is 1. The lowest BCUT2D eigenvalue weighted by atomic mass is 10.0. The molecule has 0 aliphatic rings. The number of hydrogen-bond donors (Lipinski definition) is 1. The van der Waals surface area contributed by atoms with Gasteiger partial charge in [0.25, 0.3) is 0 Å². The molecule has 0 aliphatic heterocycles. The molecule has 0 unspecified atom stereocenters. The van der Waals surface area contributed by atoms with E-state index >= 15 is 0 Å². The number of ether oxygens (including phenoxy) is 1. The van der Waals surface area contributed by atoms with Crippen LogP contribution in [0.15, 0.2) is 28.8 Å². The Labute approximate surface area is 181 Å². The van der Waals surface area contributed by atoms with E-state index in [0.29, 0.717) is 18.1 Å². The van der Waals surface area contributed by atoms with Crippen LogP contribution in [0, 0.1) is 27.7 Å². The third-order valence-electron chi connectivity index (χ3n) is 5.44. The van der Waals surface area contributed by atoms with Crippen molar-refractivity contribution in [1.29, 1.82) is 0 Å². The van der Waals surface area contributed by atoms with Crippen molar-refractivity contribution < 1.29 is 9.26 Å². The fourth-order valence-electron chi connectivity index (χ4n) is 3.86. The van der Waals surface area contributed by atoms with Crippen molar-refractivity contribution in [1.82, 2.24) is 24.7 Å². The molecule has 0 bridgehead atoms. The molecule has 162 valence electrons. The van der Waals surface area contributed by atoms with Gasteiger partial charge in [-0.25, -0.2) is 4.98 Å². The molecule has 0 radical (unpaired) electrons. The van der Waals surface area contributed by atoms with E-state index in [2.05, 4.69) is 35.4 Å². The number of rotatable bonds is 7. The zero-order valence-corrected chi connectivity index (χ0v) is 18.9. The van der Waals surface area contributed by atoms with Gasteiger partial charge in [-0.05, 0) is 50.5 Å². The van der Waals surface area contributed by atoms with Crippen molar-refractivity contribution >= 4 is 11.5 Å². The van der Waals surface area contributed by atoms with Gasteiger partial charge in [-0.2, -0.15) is 14.6 Å². The highest BCUT2D eigenvalue weighted by atomic mass is 16.5. The van der Waals surface area contributed by atoms with Crippen molar-refractivity contribution in [2.45, 2.75) is 53.5 Å². The second kappa shape index (κ2) is 8.37. The number of nitrogens with zero attached hydrogens (tertiary/aromatic N) is 5. The average molecular weight is 421 g/mol. The summed E-state index contributed by atoms with van der Waals surface area (Å²) in [6.45, 7) is 10.0. The molecule has 1 atom stereocenters. The van der Waals surface area contributed by atoms with Crippen LogP contribution in [-0.4, -0.2) is 37.9 Å². The predicted molar refractivity (Wildman–Crippen MR) is 120 cm³/mol. The van der Waals surface area contributed by atoms with Gasteiger partial charge in [0.1, 0.15) is 11.6 Å². The van der Waals surface area contributed by atoms with Gasteiger partial charge in [0.2, 0.25) is 5.89 Å². The molecule has 0 saturated carbocycles. The number of nitrogens with one attached hydrogen (secondary N) is 1. The Bertz CT molecular complexity index is 1230. The molecule has 8 heteroatoms. The Morgan fingerprint density at radius 1 is 1.13 bits per heavy atom. The maximum atomic E-state index is 5.37. The molecular weight excluding hydrogens is 392 g/mol. The maximum Gasteiger partial charge on any atom is 0.223 e. The first-order valence-corrected chi connectivity index (χ1v) is 10.5. The fraction of sp³-hybridized carbons (Fsp3) is 0.391. The maximum absolute atomic E-state index is 5.37. The van der Waals surface area contributed by atoms with Crippen molar-refractivity contribution in [3.05, 3.63) is 52.9 Å². The highest BCUT2D eigenvalue weighted by Gasteiger charge is 2.20. The molecule has 0 amide bonds. The van der Waals surface area contributed by atoms with Crippen LogP contribution < -0.4 is 10.1 Å². The summed E-state index contributed by atoms with van der Waals surface area (Å²) < 4.78 is 12.4. The van der Waals surface area contributed by atoms with E-state index < -0.39 is 0 Å². The number of methoxy groups -OCH3 is 1. The number of aryl methyl sites for hydroxylation is 4. The van der Waals surface area contributed by atoms with E-state index in [9.17, 15) is 0 Å². The van der Waals surface area contributed by atoms with Crippen LogP contribution in [0.3, 0.4) is 0 Å². The largest absolute Gasteiger partial charge is 0.497 e. The lowest BCUT2D eigenvalue weighted by Crippen LogP contribution is -2.24. The van der Waals surface area contributed by atoms with Crippen molar-refractivity contribution in [2.75, 3.05) is 12.4 Å². The van der Waals surface area contributed by atoms with Crippen LogP contribution in [0.1, 0.15) is 42.0 Å². The Morgan fingerprint density at radius 3 is 2.58 bits per heavy atom. The summed E-state index contributed by atoms with van der Waals surface area (Å²) in [5, 5.41) is 12.5. The van der Waals surface area contributed by atoms with E-state index in [4.69, 9.17) is 19.3 Å². The normalized spacial score (nSPS) is 12.3. The highest BCUT2D eigenvalue weighted by molar-refractivity contribution is 5.83. The van der Waals surface area contributed by atoms with Gasteiger partial charge >= 0.3 is 0 Å². The summed E-state index contributed by atoms with van der Waals surface area (Å²) in [4.78, 5) is 9.17. The van der Waals surface area contributed by atoms with Crippen LogP contribution >= 0.6 is 0 Å². The number of fused-ring (bicyclic) bond motifs is 1. The van der Waals surface area contributed by atoms with Gasteiger partial charge in [-0.3, -0.25) is 0 Å². The first-order chi connectivity index (χ1) is 14.9. The molecule has 31 heavy (non-hydrogen) atoms. The minimum Gasteiger partial charge on any atom is -0.497 e. The molecule has 4 rings (SSSR count). The molecule has 0 aliphatic carbocycles. The van der Waals surface area contributed by atoms with E-state index in [0.717, 1.165) is 51.7 Å². The van der Waals surface area contributed by atoms with E-state index in [-0.39, 0.29) is 6.04 Å². The lowest BCUT2D eigenvalue weighted by molar-refractivity contribution is 0.386. The van der Waals surface area contributed by atoms with E-state index in [1.165, 1.54) is 0 Å². The predicted octanol–water partition coefficient (Wildman–Crippen LogP) is 4.45. The first kappa shape index (κ1) is 20.8. The first-order valence-electron chi connectivity index (χ1n) is 10.5. The van der Waals surface area contributed by atoms with Crippen LogP contribution in [0.4, 0.5) is 5.82 Å². The summed E-state index contributed by atoms with van der Waals surface area (Å²) >= 11 is 0. The molecule has 3 aromatic heterocycles. The van der Waals surface area contributed by atoms with Gasteiger partial charge in [0.15, 0.2) is 11.5 Å². The second-order valence-corrected chi connectivity index (χ2v) is 7.84. The van der Waals surface area contributed by atoms with Gasteiger partial charge in [0.05, 0.1) is 12.8 Å². The minimum absolute atomic E-state index is 0.137. The van der Waals surface area contributed by atoms with Gasteiger partial charge in [0, 0.05) is 36.7 Å². The number of benzene rings is 1. The molecule has 0 spiro atoms. The molecular formula is C23H28N6O2. The third-order valence-corrected chi connectivity index (χ3v) is 5.44. The third kappa shape index (κ3) is 4.10. The zero-order valence-electron chi connectivity index (χ0n) is 18.9. The number of hydrogen-bond acceptors (Lipinski definition) is 7. The molecule has 1 aromatic carbocycles. The Kier molecular flexibility index (Phi) is 5.63. The Balaban J connectivity index is 1.75. The van der Waals surface area contributed by atoms with Crippen LogP contribution in [-0.2, 0) is 6.42 Å². The van der Waals surface area contributed by atoms with E-state index in [1.807, 2.05) is 36.6 Å². The minimum atomic E-state index is 0.137. The molecule has 8 nitrogen and oxygen atoms in total. The van der Waals surface area contributed by atoms with Gasteiger partial charge in [-0.1, -0.05) is 18.1 Å². The summed E-state index contributed by atoms with van der Waals surface area (Å²) in [5.41, 5.74) is 5.94. The summed E-state index contributed by atoms with van der Waals surface area (Å²) in [5.74, 6) is 3.01. The quantitative estimate of drug-likeness (QED) is 0.472. The Hall–Kier alpha value is -3.42. The van der Waals surface area contributed by atoms with Crippen LogP contribution in [0.2, 0.25) is 0 Å². The monoisotopic (exact) mass is 420 g/mol. The molecule has 0 saturated heterocycles. The van der Waals surface area contributed by atoms with Gasteiger partial charge in [-0.15, -0.1) is 0 Å². The average Bonchev–Trinajstić information content (AvgIpc) is 3.29. The molecule has 0 fully saturated rings. The standard InChI is InChI=1S/C23H28N6O2/c1-7-17(12-20-25-16(5)31-28-20)26-21-11-14(3)24-23-22(15(4)27-29(21)23)19-9-8-18(30-6)10-13(19)2/h8-11,17,26H,7,12H2,1-6H3/t17-/m1/s1. The number of aromatic nitrogens is 5. The van der Waals surface area contributed by atoms with Crippen molar-refractivity contribution in [3.8, 4) is 16.9 Å². The molecule has 3 heterocycles. The summed E-state index contributed by atoms with van der Waals surface area (Å²) in [6.07, 6.45) is 1.57. The fourth-order valence-corrected chi connectivity index (χ4v) is 3.86. The van der Waals surface area contributed by atoms with Gasteiger partial charge < -0.3 is 14.6 Å². The van der Waals surface area contributed by atoms with Crippen LogP contribution in [0.25, 0.3) is 16.8 Å². The van der Waals surface area contributed by atoms with Crippen molar-refractivity contribution in [2.24, 2.45) is 0 Å². The topological polar surface area (TPSA) is 90.4 Å². The smallest absolute Gasteiger partial charge is 0.223 e. The lowest BCUT2D eigenvalue weighted by Gasteiger charge is -2.18. The molecule has 4 aromatic rings. The molecule has 1 N–H and O–H groups in total. The highest BCUT2D eigenvalue weighted by Crippen LogP contribution is 2.33. The SMILES string of the molecule is CC[C@H](Cc1noc(C)n1)Nc1cc(C)nc2c(-c3ccc(OC)cc3C)c(C)nn12. The second-order valence-electron chi connectivity index (χ2n) is 7.84. The Morgan fingerprint density at radius 2 is 1.94 bits per heavy atom. The van der Waals surface area contributed by atoms with Crippen LogP contribution in [0.5, 0.6) is 5.75 Å². The van der Waals surface area contributed by atoms with Crippen molar-refractivity contribution in [3.63, 3.8) is 0 Å².